The molecule has 1 aromatic rings. The third-order valence-electron chi connectivity index (χ3n) is 2.18. The van der Waals surface area contributed by atoms with Crippen LogP contribution in [-0.4, -0.2) is 43.0 Å². The molecule has 0 atom stereocenters. The zero-order valence-electron chi connectivity index (χ0n) is 10.6. The molecule has 0 aliphatic rings. The lowest BCUT2D eigenvalue weighted by atomic mass is 10.2. The number of nitrogen functional groups attached to an aromatic ring is 1. The molecule has 0 aliphatic heterocycles. The van der Waals surface area contributed by atoms with Gasteiger partial charge < -0.3 is 16.0 Å². The van der Waals surface area contributed by atoms with Crippen molar-refractivity contribution in [3.8, 4) is 0 Å². The van der Waals surface area contributed by atoms with Crippen LogP contribution in [0.3, 0.4) is 0 Å². The fourth-order valence-corrected chi connectivity index (χ4v) is 2.13. The minimum atomic E-state index is -0.476. The van der Waals surface area contributed by atoms with Gasteiger partial charge >= 0.3 is 0 Å². The number of nitrogens with one attached hydrogen (secondary N) is 1. The van der Waals surface area contributed by atoms with E-state index in [9.17, 15) is 9.18 Å². The minimum absolute atomic E-state index is 0.133. The Labute approximate surface area is 111 Å². The highest BCUT2D eigenvalue weighted by atomic mass is 32.2. The molecule has 1 amide bonds. The molecule has 4 nitrogen and oxygen atoms in total. The number of nitrogens with zero attached hydrogens (tertiary/aromatic N) is 1. The lowest BCUT2D eigenvalue weighted by Crippen LogP contribution is -2.18. The van der Waals surface area contributed by atoms with Gasteiger partial charge in [0.25, 0.3) is 0 Å². The predicted molar refractivity (Wildman–Crippen MR) is 75.3 cm³/mol. The van der Waals surface area contributed by atoms with Crippen molar-refractivity contribution < 1.29 is 9.18 Å². The van der Waals surface area contributed by atoms with Crippen LogP contribution in [-0.2, 0) is 4.79 Å². The normalized spacial score (nSPS) is 10.7. The van der Waals surface area contributed by atoms with Crippen LogP contribution in [0.25, 0.3) is 0 Å². The number of anilines is 2. The molecule has 0 unspecified atom stereocenters. The molecule has 0 saturated heterocycles. The van der Waals surface area contributed by atoms with Gasteiger partial charge in [-0.25, -0.2) is 4.39 Å². The summed E-state index contributed by atoms with van der Waals surface area (Å²) >= 11 is 1.51. The van der Waals surface area contributed by atoms with E-state index >= 15 is 0 Å². The van der Waals surface area contributed by atoms with Crippen LogP contribution < -0.4 is 11.1 Å². The summed E-state index contributed by atoms with van der Waals surface area (Å²) in [6, 6.07) is 4.11. The number of thioether (sulfide) groups is 1. The quantitative estimate of drug-likeness (QED) is 0.610. The van der Waals surface area contributed by atoms with Crippen LogP contribution in [0.1, 0.15) is 0 Å². The highest BCUT2D eigenvalue weighted by molar-refractivity contribution is 7.99. The van der Waals surface area contributed by atoms with E-state index in [4.69, 9.17) is 5.73 Å². The summed E-state index contributed by atoms with van der Waals surface area (Å²) in [6.45, 7) is 0.907. The number of carbonyl (C=O) groups is 1. The first kappa shape index (κ1) is 14.8. The van der Waals surface area contributed by atoms with Crippen LogP contribution >= 0.6 is 11.8 Å². The molecule has 0 radical (unpaired) electrons. The summed E-state index contributed by atoms with van der Waals surface area (Å²) in [5.74, 6) is 0.473. The Morgan fingerprint density at radius 1 is 1.50 bits per heavy atom. The fraction of sp³-hybridized carbons (Fsp3) is 0.417. The highest BCUT2D eigenvalue weighted by Crippen LogP contribution is 2.17. The number of rotatable bonds is 6. The Morgan fingerprint density at radius 3 is 2.89 bits per heavy atom. The molecule has 0 spiro atoms. The maximum atomic E-state index is 13.3. The topological polar surface area (TPSA) is 58.4 Å². The van der Waals surface area contributed by atoms with Gasteiger partial charge in [-0.05, 0) is 32.3 Å². The van der Waals surface area contributed by atoms with Crippen molar-refractivity contribution >= 4 is 29.0 Å². The van der Waals surface area contributed by atoms with Crippen LogP contribution in [0.4, 0.5) is 15.8 Å². The molecule has 0 aliphatic carbocycles. The number of hydrogen-bond acceptors (Lipinski definition) is 4. The Balaban J connectivity index is 2.38. The van der Waals surface area contributed by atoms with Gasteiger partial charge in [-0.1, -0.05) is 0 Å². The maximum absolute atomic E-state index is 13.3. The molecule has 1 rings (SSSR count). The second-order valence-corrected chi connectivity index (χ2v) is 5.25. The molecule has 0 heterocycles. The fourth-order valence-electron chi connectivity index (χ4n) is 1.24. The van der Waals surface area contributed by atoms with E-state index in [1.54, 1.807) is 0 Å². The summed E-state index contributed by atoms with van der Waals surface area (Å²) in [5, 5.41) is 2.51. The van der Waals surface area contributed by atoms with Gasteiger partial charge in [0.15, 0.2) is 0 Å². The van der Waals surface area contributed by atoms with Crippen LogP contribution in [0, 0.1) is 5.82 Å². The zero-order chi connectivity index (χ0) is 13.5. The molecule has 3 N–H and O–H groups in total. The van der Waals surface area contributed by atoms with Gasteiger partial charge in [-0.15, -0.1) is 0 Å². The Bertz CT molecular complexity index is 412. The van der Waals surface area contributed by atoms with Crippen LogP contribution in [0.5, 0.6) is 0 Å². The van der Waals surface area contributed by atoms with Crippen LogP contribution in [0.2, 0.25) is 0 Å². The predicted octanol–water partition coefficient (Wildman–Crippen LogP) is 1.64. The average molecular weight is 271 g/mol. The minimum Gasteiger partial charge on any atom is -0.399 e. The van der Waals surface area contributed by atoms with E-state index in [1.807, 2.05) is 19.0 Å². The molecular weight excluding hydrogens is 253 g/mol. The van der Waals surface area contributed by atoms with Crippen molar-refractivity contribution in [3.05, 3.63) is 24.0 Å². The van der Waals surface area contributed by atoms with Crippen molar-refractivity contribution in [1.29, 1.82) is 0 Å². The summed E-state index contributed by atoms with van der Waals surface area (Å²) < 4.78 is 13.3. The molecule has 6 heteroatoms. The number of hydrogen-bond donors (Lipinski definition) is 2. The first-order chi connectivity index (χ1) is 8.49. The van der Waals surface area contributed by atoms with Gasteiger partial charge in [0.05, 0.1) is 11.4 Å². The number of amides is 1. The SMILES string of the molecule is CN(C)CCSCC(=O)Nc1cc(N)ccc1F. The maximum Gasteiger partial charge on any atom is 0.234 e. The molecule has 18 heavy (non-hydrogen) atoms. The van der Waals surface area contributed by atoms with Crippen LogP contribution in [0.15, 0.2) is 18.2 Å². The first-order valence-electron chi connectivity index (χ1n) is 5.56. The zero-order valence-corrected chi connectivity index (χ0v) is 11.4. The number of benzene rings is 1. The monoisotopic (exact) mass is 271 g/mol. The third kappa shape index (κ3) is 5.37. The van der Waals surface area contributed by atoms with Gasteiger partial charge in [0.2, 0.25) is 5.91 Å². The van der Waals surface area contributed by atoms with E-state index in [2.05, 4.69) is 5.32 Å². The van der Waals surface area contributed by atoms with E-state index in [0.717, 1.165) is 12.3 Å². The molecule has 100 valence electrons. The van der Waals surface area contributed by atoms with Crippen molar-refractivity contribution in [2.45, 2.75) is 0 Å². The summed E-state index contributed by atoms with van der Waals surface area (Å²) in [4.78, 5) is 13.6. The number of halogens is 1. The summed E-state index contributed by atoms with van der Waals surface area (Å²) in [6.07, 6.45) is 0. The van der Waals surface area contributed by atoms with Gasteiger partial charge in [0.1, 0.15) is 5.82 Å². The second-order valence-electron chi connectivity index (χ2n) is 4.14. The molecule has 1 aromatic carbocycles. The Hall–Kier alpha value is -1.27. The van der Waals surface area contributed by atoms with Gasteiger partial charge in [0, 0.05) is 18.0 Å². The summed E-state index contributed by atoms with van der Waals surface area (Å²) in [7, 11) is 3.95. The number of carbonyl (C=O) groups excluding carboxylic acids is 1. The van der Waals surface area contributed by atoms with E-state index in [-0.39, 0.29) is 11.6 Å². The Kier molecular flexibility index (Phi) is 5.94. The van der Waals surface area contributed by atoms with Crippen molar-refractivity contribution in [1.82, 2.24) is 4.90 Å². The molecule has 0 fully saturated rings. The molecular formula is C12H18FN3OS. The smallest absolute Gasteiger partial charge is 0.234 e. The van der Waals surface area contributed by atoms with E-state index in [0.29, 0.717) is 11.4 Å². The molecule has 0 aromatic heterocycles. The standard InChI is InChI=1S/C12H18FN3OS/c1-16(2)5-6-18-8-12(17)15-11-7-9(14)3-4-10(11)13/h3-4,7H,5-6,8,14H2,1-2H3,(H,15,17). The van der Waals surface area contributed by atoms with Crippen molar-refractivity contribution in [2.75, 3.05) is 43.2 Å². The van der Waals surface area contributed by atoms with Gasteiger partial charge in [-0.2, -0.15) is 11.8 Å². The summed E-state index contributed by atoms with van der Waals surface area (Å²) in [5.41, 5.74) is 6.09. The Morgan fingerprint density at radius 2 is 2.22 bits per heavy atom. The van der Waals surface area contributed by atoms with E-state index < -0.39 is 5.82 Å². The molecule has 0 saturated carbocycles. The first-order valence-corrected chi connectivity index (χ1v) is 6.72. The average Bonchev–Trinajstić information content (AvgIpc) is 2.29. The van der Waals surface area contributed by atoms with Gasteiger partial charge in [-0.3, -0.25) is 4.79 Å². The molecule has 0 bridgehead atoms. The van der Waals surface area contributed by atoms with Crippen molar-refractivity contribution in [3.63, 3.8) is 0 Å². The lowest BCUT2D eigenvalue weighted by molar-refractivity contribution is -0.113. The third-order valence-corrected chi connectivity index (χ3v) is 3.12. The van der Waals surface area contributed by atoms with E-state index in [1.165, 1.54) is 30.0 Å². The highest BCUT2D eigenvalue weighted by Gasteiger charge is 2.07. The van der Waals surface area contributed by atoms with Crippen molar-refractivity contribution in [2.24, 2.45) is 0 Å². The number of nitrogens with two attached hydrogens (primary N) is 1. The second kappa shape index (κ2) is 7.23. The lowest BCUT2D eigenvalue weighted by Gasteiger charge is -2.09. The largest absolute Gasteiger partial charge is 0.399 e.